The molecule has 2 aliphatic heterocycles. The third kappa shape index (κ3) is 3.75. The van der Waals surface area contributed by atoms with E-state index in [0.717, 1.165) is 18.5 Å². The van der Waals surface area contributed by atoms with Crippen LogP contribution in [-0.4, -0.2) is 58.1 Å². The molecule has 1 spiro atoms. The minimum Gasteiger partial charge on any atom is -0.481 e. The third-order valence-electron chi connectivity index (χ3n) is 6.38. The highest BCUT2D eigenvalue weighted by Crippen LogP contribution is 2.41. The van der Waals surface area contributed by atoms with E-state index < -0.39 is 17.2 Å². The summed E-state index contributed by atoms with van der Waals surface area (Å²) in [5, 5.41) is 9.67. The lowest BCUT2D eigenvalue weighted by Gasteiger charge is -2.38. The molecule has 0 radical (unpaired) electrons. The first-order valence-electron chi connectivity index (χ1n) is 10.3. The average molecular weight is 426 g/mol. The summed E-state index contributed by atoms with van der Waals surface area (Å²) in [5.41, 5.74) is -0.475. The van der Waals surface area contributed by atoms with E-state index in [2.05, 4.69) is 4.98 Å². The first-order chi connectivity index (χ1) is 14.8. The van der Waals surface area contributed by atoms with Crippen molar-refractivity contribution in [3.8, 4) is 5.75 Å². The summed E-state index contributed by atoms with van der Waals surface area (Å²) in [4.78, 5) is 45.3. The van der Waals surface area contributed by atoms with Crippen molar-refractivity contribution in [2.24, 2.45) is 12.5 Å². The van der Waals surface area contributed by atoms with E-state index >= 15 is 0 Å². The number of carboxylic acid groups (broad SMARTS) is 1. The van der Waals surface area contributed by atoms with Crippen molar-refractivity contribution in [3.05, 3.63) is 51.9 Å². The lowest BCUT2D eigenvalue weighted by molar-refractivity contribution is -0.135. The lowest BCUT2D eigenvalue weighted by Crippen LogP contribution is -2.46. The van der Waals surface area contributed by atoms with Gasteiger partial charge in [0.15, 0.2) is 5.69 Å². The zero-order chi connectivity index (χ0) is 22.2. The van der Waals surface area contributed by atoms with E-state index in [4.69, 9.17) is 4.74 Å². The Morgan fingerprint density at radius 2 is 1.74 bits per heavy atom. The second-order valence-corrected chi connectivity index (χ2v) is 8.28. The van der Waals surface area contributed by atoms with Crippen LogP contribution in [0.15, 0.2) is 35.1 Å². The van der Waals surface area contributed by atoms with Gasteiger partial charge in [-0.1, -0.05) is 30.3 Å². The van der Waals surface area contributed by atoms with E-state index in [1.807, 2.05) is 42.3 Å². The second-order valence-electron chi connectivity index (χ2n) is 8.28. The average Bonchev–Trinajstić information content (AvgIpc) is 3.04. The fraction of sp³-hybridized carbons (Fsp3) is 0.455. The van der Waals surface area contributed by atoms with Crippen LogP contribution in [0, 0.1) is 5.41 Å². The van der Waals surface area contributed by atoms with Gasteiger partial charge in [0.25, 0.3) is 5.56 Å². The maximum Gasteiger partial charge on any atom is 0.358 e. The maximum atomic E-state index is 13.0. The normalized spacial score (nSPS) is 17.9. The van der Waals surface area contributed by atoms with Crippen molar-refractivity contribution in [1.82, 2.24) is 14.5 Å². The number of likely N-dealkylation sites (tertiary alicyclic amines) is 1. The second kappa shape index (κ2) is 8.05. The molecule has 2 aromatic rings. The molecule has 1 N–H and O–H groups in total. The molecule has 2 fully saturated rings. The summed E-state index contributed by atoms with van der Waals surface area (Å²) in [6.07, 6.45) is 2.14. The quantitative estimate of drug-likeness (QED) is 0.773. The molecule has 0 unspecified atom stereocenters. The van der Waals surface area contributed by atoms with E-state index in [1.165, 1.54) is 4.57 Å². The molecule has 0 saturated carbocycles. The Bertz CT molecular complexity index is 1060. The summed E-state index contributed by atoms with van der Waals surface area (Å²) in [6, 6.07) is 9.20. The summed E-state index contributed by atoms with van der Waals surface area (Å²) in [6.45, 7) is 1.89. The smallest absolute Gasteiger partial charge is 0.358 e. The van der Waals surface area contributed by atoms with Gasteiger partial charge in [-0.05, 0) is 24.8 Å². The monoisotopic (exact) mass is 426 g/mol. The predicted molar refractivity (Wildman–Crippen MR) is 113 cm³/mol. The van der Waals surface area contributed by atoms with Crippen LogP contribution in [-0.2, 0) is 18.4 Å². The molecule has 164 valence electrons. The van der Waals surface area contributed by atoms with Crippen molar-refractivity contribution >= 4 is 17.8 Å². The molecular formula is C22H26N4O5. The minimum atomic E-state index is -1.32. The van der Waals surface area contributed by atoms with Gasteiger partial charge in [-0.2, -0.15) is 0 Å². The molecule has 2 saturated heterocycles. The Morgan fingerprint density at radius 1 is 1.10 bits per heavy atom. The van der Waals surface area contributed by atoms with Gasteiger partial charge in [0.05, 0.1) is 5.41 Å². The van der Waals surface area contributed by atoms with E-state index in [9.17, 15) is 19.5 Å². The van der Waals surface area contributed by atoms with Crippen molar-refractivity contribution in [1.29, 1.82) is 0 Å². The number of aromatic carboxylic acids is 1. The molecule has 0 atom stereocenters. The van der Waals surface area contributed by atoms with Crippen molar-refractivity contribution in [3.63, 3.8) is 0 Å². The molecule has 0 aliphatic carbocycles. The van der Waals surface area contributed by atoms with Gasteiger partial charge in [0, 0.05) is 33.7 Å². The number of aromatic nitrogens is 2. The maximum absolute atomic E-state index is 13.0. The Kier molecular flexibility index (Phi) is 5.43. The zero-order valence-corrected chi connectivity index (χ0v) is 17.7. The third-order valence-corrected chi connectivity index (χ3v) is 6.38. The van der Waals surface area contributed by atoms with Gasteiger partial charge >= 0.3 is 5.97 Å². The summed E-state index contributed by atoms with van der Waals surface area (Å²) in [7, 11) is 3.38. The van der Waals surface area contributed by atoms with Gasteiger partial charge in [-0.3, -0.25) is 14.2 Å². The number of nitrogens with zero attached hydrogens (tertiary/aromatic N) is 4. The van der Waals surface area contributed by atoms with E-state index in [0.29, 0.717) is 25.9 Å². The SMILES string of the molecule is CN1CCC2(CCN(c3nc(C(=O)O)c(OCc4ccccc4)c(=O)n3C)CC2)C1=O. The van der Waals surface area contributed by atoms with Gasteiger partial charge in [-0.25, -0.2) is 9.78 Å². The molecule has 3 heterocycles. The molecule has 9 nitrogen and oxygen atoms in total. The minimum absolute atomic E-state index is 0.0687. The van der Waals surface area contributed by atoms with Crippen LogP contribution in [0.1, 0.15) is 35.3 Å². The molecule has 1 aromatic carbocycles. The Balaban J connectivity index is 1.59. The fourth-order valence-corrected chi connectivity index (χ4v) is 4.45. The van der Waals surface area contributed by atoms with Crippen LogP contribution < -0.4 is 15.2 Å². The topological polar surface area (TPSA) is 105 Å². The van der Waals surface area contributed by atoms with Crippen molar-refractivity contribution < 1.29 is 19.4 Å². The number of ether oxygens (including phenoxy) is 1. The van der Waals surface area contributed by atoms with Gasteiger partial charge in [0.2, 0.25) is 17.6 Å². The number of carboxylic acids is 1. The largest absolute Gasteiger partial charge is 0.481 e. The summed E-state index contributed by atoms with van der Waals surface area (Å²) in [5.74, 6) is -1.14. The highest BCUT2D eigenvalue weighted by Gasteiger charge is 2.47. The first kappa shape index (κ1) is 20.9. The van der Waals surface area contributed by atoms with Crippen LogP contribution in [0.2, 0.25) is 0 Å². The number of piperidine rings is 1. The van der Waals surface area contributed by atoms with Gasteiger partial charge < -0.3 is 19.6 Å². The molecule has 0 bridgehead atoms. The predicted octanol–water partition coefficient (Wildman–Crippen LogP) is 1.51. The standard InChI is InChI=1S/C22H26N4O5/c1-24-11-8-22(20(24)30)9-12-26(13-10-22)21-23-16(19(28)29)17(18(27)25(21)2)31-14-15-6-4-3-5-7-15/h3-7H,8-14H2,1-2H3,(H,28,29). The first-order valence-corrected chi connectivity index (χ1v) is 10.3. The van der Waals surface area contributed by atoms with Crippen LogP contribution in [0.3, 0.4) is 0 Å². The summed E-state index contributed by atoms with van der Waals surface area (Å²) < 4.78 is 6.92. The Morgan fingerprint density at radius 3 is 2.32 bits per heavy atom. The number of rotatable bonds is 5. The highest BCUT2D eigenvalue weighted by atomic mass is 16.5. The number of amides is 1. The molecule has 1 amide bonds. The Labute approximate surface area is 179 Å². The van der Waals surface area contributed by atoms with Crippen LogP contribution >= 0.6 is 0 Å². The number of benzene rings is 1. The van der Waals surface area contributed by atoms with Gasteiger partial charge in [-0.15, -0.1) is 0 Å². The van der Waals surface area contributed by atoms with E-state index in [1.54, 1.807) is 11.9 Å². The zero-order valence-electron chi connectivity index (χ0n) is 17.7. The molecule has 31 heavy (non-hydrogen) atoms. The van der Waals surface area contributed by atoms with Crippen LogP contribution in [0.5, 0.6) is 5.75 Å². The molecular weight excluding hydrogens is 400 g/mol. The van der Waals surface area contributed by atoms with Crippen LogP contribution in [0.25, 0.3) is 0 Å². The molecule has 2 aliphatic rings. The van der Waals surface area contributed by atoms with E-state index in [-0.39, 0.29) is 29.6 Å². The van der Waals surface area contributed by atoms with Crippen LogP contribution in [0.4, 0.5) is 5.95 Å². The number of carbonyl (C=O) groups is 2. The number of carbonyl (C=O) groups excluding carboxylic acids is 1. The molecule has 4 rings (SSSR count). The Hall–Kier alpha value is -3.36. The number of anilines is 1. The number of hydrogen-bond donors (Lipinski definition) is 1. The lowest BCUT2D eigenvalue weighted by atomic mass is 9.77. The molecule has 9 heteroatoms. The van der Waals surface area contributed by atoms with Crippen molar-refractivity contribution in [2.45, 2.75) is 25.9 Å². The molecule has 1 aromatic heterocycles. The highest BCUT2D eigenvalue weighted by molar-refractivity contribution is 5.89. The summed E-state index contributed by atoms with van der Waals surface area (Å²) >= 11 is 0. The number of hydrogen-bond acceptors (Lipinski definition) is 6. The fourth-order valence-electron chi connectivity index (χ4n) is 4.45. The van der Waals surface area contributed by atoms with Crippen molar-refractivity contribution in [2.75, 3.05) is 31.6 Å². The van der Waals surface area contributed by atoms with Gasteiger partial charge in [0.1, 0.15) is 6.61 Å².